The molecule has 2 aliphatic rings. The Kier molecular flexibility index (Phi) is 5.80. The van der Waals surface area contributed by atoms with Crippen LogP contribution in [0.1, 0.15) is 37.0 Å². The van der Waals surface area contributed by atoms with Gasteiger partial charge in [-0.3, -0.25) is 0 Å². The van der Waals surface area contributed by atoms with Crippen molar-refractivity contribution in [3.63, 3.8) is 0 Å². The Labute approximate surface area is 195 Å². The van der Waals surface area contributed by atoms with E-state index in [1.54, 1.807) is 0 Å². The predicted molar refractivity (Wildman–Crippen MR) is 126 cm³/mol. The van der Waals surface area contributed by atoms with E-state index in [-0.39, 0.29) is 24.0 Å². The Balaban J connectivity index is 1.56. The molecule has 4 atom stereocenters. The van der Waals surface area contributed by atoms with Crippen LogP contribution in [0.3, 0.4) is 0 Å². The lowest BCUT2D eigenvalue weighted by Crippen LogP contribution is -2.37. The molecule has 1 saturated heterocycles. The Morgan fingerprint density at radius 1 is 0.818 bits per heavy atom. The number of benzene rings is 3. The van der Waals surface area contributed by atoms with Crippen LogP contribution in [-0.4, -0.2) is 24.6 Å². The molecule has 1 aliphatic carbocycles. The van der Waals surface area contributed by atoms with Gasteiger partial charge in [-0.15, -0.1) is 0 Å². The summed E-state index contributed by atoms with van der Waals surface area (Å²) in [6, 6.07) is 33.5. The van der Waals surface area contributed by atoms with Gasteiger partial charge in [-0.2, -0.15) is 5.26 Å². The number of ether oxygens (including phenoxy) is 3. The van der Waals surface area contributed by atoms with Crippen LogP contribution in [0.5, 0.6) is 0 Å². The molecule has 33 heavy (non-hydrogen) atoms. The average molecular weight is 440 g/mol. The van der Waals surface area contributed by atoms with Crippen LogP contribution in [0.15, 0.2) is 91.0 Å². The molecule has 168 valence electrons. The van der Waals surface area contributed by atoms with Crippen molar-refractivity contribution in [2.75, 3.05) is 6.61 Å². The maximum absolute atomic E-state index is 9.74. The Morgan fingerprint density at radius 2 is 1.27 bits per heavy atom. The zero-order valence-electron chi connectivity index (χ0n) is 19.1. The topological polar surface area (TPSA) is 51.5 Å². The largest absolute Gasteiger partial charge is 0.360 e. The van der Waals surface area contributed by atoms with Crippen LogP contribution in [0.4, 0.5) is 0 Å². The van der Waals surface area contributed by atoms with Crippen molar-refractivity contribution in [2.24, 2.45) is 11.8 Å². The second kappa shape index (κ2) is 8.76. The third kappa shape index (κ3) is 3.98. The van der Waals surface area contributed by atoms with E-state index in [1.807, 2.05) is 68.4 Å². The van der Waals surface area contributed by atoms with E-state index in [0.717, 1.165) is 16.7 Å². The summed E-state index contributed by atoms with van der Waals surface area (Å²) < 4.78 is 19.3. The molecule has 0 radical (unpaired) electrons. The molecule has 0 unspecified atom stereocenters. The number of hydrogen-bond acceptors (Lipinski definition) is 4. The van der Waals surface area contributed by atoms with Gasteiger partial charge in [-0.25, -0.2) is 0 Å². The fourth-order valence-electron chi connectivity index (χ4n) is 5.38. The van der Waals surface area contributed by atoms with Crippen molar-refractivity contribution in [3.05, 3.63) is 108 Å². The molecule has 1 saturated carbocycles. The van der Waals surface area contributed by atoms with Crippen molar-refractivity contribution in [1.82, 2.24) is 0 Å². The lowest BCUT2D eigenvalue weighted by molar-refractivity contribution is -0.163. The summed E-state index contributed by atoms with van der Waals surface area (Å²) in [6.45, 7) is 4.29. The zero-order chi connectivity index (χ0) is 22.9. The highest BCUT2D eigenvalue weighted by Crippen LogP contribution is 2.47. The molecule has 3 aromatic carbocycles. The minimum absolute atomic E-state index is 0.0666. The van der Waals surface area contributed by atoms with Crippen LogP contribution in [0, 0.1) is 23.2 Å². The van der Waals surface area contributed by atoms with Crippen LogP contribution in [0.2, 0.25) is 0 Å². The fraction of sp³-hybridized carbons (Fsp3) is 0.345. The van der Waals surface area contributed by atoms with E-state index in [9.17, 15) is 5.26 Å². The van der Waals surface area contributed by atoms with Crippen LogP contribution < -0.4 is 0 Å². The minimum atomic E-state index is -0.779. The van der Waals surface area contributed by atoms with Gasteiger partial charge in [0.25, 0.3) is 0 Å². The first-order valence-electron chi connectivity index (χ1n) is 11.6. The fourth-order valence-corrected chi connectivity index (χ4v) is 5.38. The highest BCUT2D eigenvalue weighted by atomic mass is 16.8. The first-order chi connectivity index (χ1) is 16.0. The van der Waals surface area contributed by atoms with Gasteiger partial charge in [0.1, 0.15) is 11.7 Å². The first kappa shape index (κ1) is 21.9. The van der Waals surface area contributed by atoms with E-state index in [2.05, 4.69) is 42.5 Å². The summed E-state index contributed by atoms with van der Waals surface area (Å²) >= 11 is 0. The van der Waals surface area contributed by atoms with Gasteiger partial charge in [0.2, 0.25) is 0 Å². The molecular weight excluding hydrogens is 410 g/mol. The van der Waals surface area contributed by atoms with Gasteiger partial charge in [0.05, 0.1) is 24.7 Å². The molecule has 1 aliphatic heterocycles. The van der Waals surface area contributed by atoms with Gasteiger partial charge in [0.15, 0.2) is 5.79 Å². The Morgan fingerprint density at radius 3 is 1.73 bits per heavy atom. The molecule has 0 bridgehead atoms. The molecule has 0 spiro atoms. The second-order valence-corrected chi connectivity index (χ2v) is 9.39. The molecule has 5 rings (SSSR count). The standard InChI is InChI=1S/C29H29NO3/c1-28(2)32-26-21(19-30)18-22(27(26)33-28)20-31-29(23-12-6-3-7-13-23,24-14-8-4-9-15-24)25-16-10-5-11-17-25/h3-17,21-22,26-27H,18,20H2,1-2H3/t21-,22+,26-,27+/m0/s1. The van der Waals surface area contributed by atoms with Crippen molar-refractivity contribution in [2.45, 2.75) is 43.9 Å². The van der Waals surface area contributed by atoms with E-state index < -0.39 is 11.4 Å². The molecule has 4 heteroatoms. The Hall–Kier alpha value is -2.97. The van der Waals surface area contributed by atoms with Gasteiger partial charge < -0.3 is 14.2 Å². The summed E-state index contributed by atoms with van der Waals surface area (Å²) in [5.41, 5.74) is 2.42. The van der Waals surface area contributed by atoms with E-state index in [4.69, 9.17) is 14.2 Å². The van der Waals surface area contributed by atoms with Crippen molar-refractivity contribution in [3.8, 4) is 6.07 Å². The zero-order valence-corrected chi connectivity index (χ0v) is 19.1. The molecule has 0 N–H and O–H groups in total. The van der Waals surface area contributed by atoms with Crippen molar-refractivity contribution >= 4 is 0 Å². The van der Waals surface area contributed by atoms with Gasteiger partial charge in [-0.05, 0) is 37.0 Å². The number of nitriles is 1. The number of fused-ring (bicyclic) bond motifs is 1. The minimum Gasteiger partial charge on any atom is -0.360 e. The second-order valence-electron chi connectivity index (χ2n) is 9.39. The molecule has 4 nitrogen and oxygen atoms in total. The lowest BCUT2D eigenvalue weighted by atomic mass is 9.80. The highest BCUT2D eigenvalue weighted by molar-refractivity contribution is 5.47. The maximum atomic E-state index is 9.74. The summed E-state index contributed by atoms with van der Waals surface area (Å²) in [4.78, 5) is 0. The summed E-state index contributed by atoms with van der Waals surface area (Å²) in [5, 5.41) is 9.74. The van der Waals surface area contributed by atoms with Crippen LogP contribution in [-0.2, 0) is 19.8 Å². The molecule has 3 aromatic rings. The smallest absolute Gasteiger partial charge is 0.163 e. The van der Waals surface area contributed by atoms with Crippen LogP contribution >= 0.6 is 0 Å². The molecule has 2 fully saturated rings. The SMILES string of the molecule is CC1(C)O[C@@H]2[C@@H](COC(c3ccccc3)(c3ccccc3)c3ccccc3)C[C@@H](C#N)[C@@H]2O1. The summed E-state index contributed by atoms with van der Waals surface area (Å²) in [6.07, 6.45) is 0.346. The third-order valence-corrected chi connectivity index (χ3v) is 6.80. The monoisotopic (exact) mass is 439 g/mol. The highest BCUT2D eigenvalue weighted by Gasteiger charge is 2.54. The Bertz CT molecular complexity index is 1010. The summed E-state index contributed by atoms with van der Waals surface area (Å²) in [5.74, 6) is -0.805. The normalized spacial score (nSPS) is 26.0. The first-order valence-corrected chi connectivity index (χ1v) is 11.6. The van der Waals surface area contributed by atoms with Crippen LogP contribution in [0.25, 0.3) is 0 Å². The van der Waals surface area contributed by atoms with Crippen molar-refractivity contribution in [1.29, 1.82) is 5.26 Å². The van der Waals surface area contributed by atoms with Gasteiger partial charge in [-0.1, -0.05) is 91.0 Å². The summed E-state index contributed by atoms with van der Waals surface area (Å²) in [7, 11) is 0. The molecule has 0 amide bonds. The average Bonchev–Trinajstić information content (AvgIpc) is 3.34. The van der Waals surface area contributed by atoms with Crippen molar-refractivity contribution < 1.29 is 14.2 Å². The molecular formula is C29H29NO3. The van der Waals surface area contributed by atoms with E-state index in [0.29, 0.717) is 13.0 Å². The number of hydrogen-bond donors (Lipinski definition) is 0. The quantitative estimate of drug-likeness (QED) is 0.464. The third-order valence-electron chi connectivity index (χ3n) is 6.80. The maximum Gasteiger partial charge on any atom is 0.163 e. The number of nitrogens with zero attached hydrogens (tertiary/aromatic N) is 1. The van der Waals surface area contributed by atoms with E-state index in [1.165, 1.54) is 0 Å². The number of rotatable bonds is 6. The lowest BCUT2D eigenvalue weighted by Gasteiger charge is -2.37. The molecule has 1 heterocycles. The molecule has 0 aromatic heterocycles. The van der Waals surface area contributed by atoms with E-state index >= 15 is 0 Å². The predicted octanol–water partition coefficient (Wildman–Crippen LogP) is 5.67. The van der Waals surface area contributed by atoms with Gasteiger partial charge >= 0.3 is 0 Å². The van der Waals surface area contributed by atoms with Gasteiger partial charge in [0, 0.05) is 5.92 Å².